The maximum absolute atomic E-state index is 12.8. The van der Waals surface area contributed by atoms with Crippen molar-refractivity contribution in [3.63, 3.8) is 0 Å². The monoisotopic (exact) mass is 427 g/mol. The lowest BCUT2D eigenvalue weighted by molar-refractivity contribution is -0.116. The van der Waals surface area contributed by atoms with E-state index in [4.69, 9.17) is 4.74 Å². The lowest BCUT2D eigenvalue weighted by atomic mass is 10.1. The van der Waals surface area contributed by atoms with Crippen LogP contribution in [0.4, 0.5) is 11.4 Å². The first-order chi connectivity index (χ1) is 15.5. The van der Waals surface area contributed by atoms with Crippen LogP contribution in [0.3, 0.4) is 0 Å². The van der Waals surface area contributed by atoms with E-state index in [1.807, 2.05) is 6.07 Å². The predicted octanol–water partition coefficient (Wildman–Crippen LogP) is 4.01. The number of carbonyl (C=O) groups is 3. The molecule has 0 aromatic heterocycles. The highest BCUT2D eigenvalue weighted by Gasteiger charge is 2.32. The van der Waals surface area contributed by atoms with Crippen molar-refractivity contribution in [1.82, 2.24) is 4.90 Å². The molecule has 0 bridgehead atoms. The Kier molecular flexibility index (Phi) is 5.72. The fourth-order valence-corrected chi connectivity index (χ4v) is 3.52. The summed E-state index contributed by atoms with van der Waals surface area (Å²) in [6.07, 6.45) is 0. The third-order valence-electron chi connectivity index (χ3n) is 5.11. The largest absolute Gasteiger partial charge is 0.497 e. The van der Waals surface area contributed by atoms with E-state index in [1.165, 1.54) is 4.90 Å². The number of methoxy groups -OCH3 is 1. The van der Waals surface area contributed by atoms with Gasteiger partial charge < -0.3 is 15.4 Å². The third kappa shape index (κ3) is 4.09. The second-order valence-electron chi connectivity index (χ2n) is 7.16. The standard InChI is InChI=1S/C25H21N3O4/c1-16-19-10-3-4-11-20(19)25(31)28(16)15-23(29)27-22-13-6-5-12-21(22)24(30)26-17-8-7-9-18(14-17)32-2/h3-14H,1,15H2,2H3,(H,26,30)(H,27,29). The van der Waals surface area contributed by atoms with Crippen molar-refractivity contribution in [3.8, 4) is 5.75 Å². The highest BCUT2D eigenvalue weighted by molar-refractivity contribution is 6.13. The van der Waals surface area contributed by atoms with Gasteiger partial charge in [0.15, 0.2) is 0 Å². The number of ether oxygens (including phenoxy) is 1. The van der Waals surface area contributed by atoms with Gasteiger partial charge in [0.25, 0.3) is 11.8 Å². The molecular formula is C25H21N3O4. The molecule has 0 unspecified atom stereocenters. The van der Waals surface area contributed by atoms with E-state index in [0.717, 1.165) is 0 Å². The molecule has 0 saturated carbocycles. The first kappa shape index (κ1) is 20.9. The zero-order valence-corrected chi connectivity index (χ0v) is 17.4. The van der Waals surface area contributed by atoms with Gasteiger partial charge in [-0.2, -0.15) is 0 Å². The number of carbonyl (C=O) groups excluding carboxylic acids is 3. The van der Waals surface area contributed by atoms with Gasteiger partial charge in [0.1, 0.15) is 12.3 Å². The van der Waals surface area contributed by atoms with Crippen molar-refractivity contribution in [2.24, 2.45) is 0 Å². The topological polar surface area (TPSA) is 87.7 Å². The summed E-state index contributed by atoms with van der Waals surface area (Å²) in [4.78, 5) is 39.5. The number of hydrogen-bond acceptors (Lipinski definition) is 4. The van der Waals surface area contributed by atoms with Gasteiger partial charge in [0.2, 0.25) is 5.91 Å². The molecule has 7 heteroatoms. The summed E-state index contributed by atoms with van der Waals surface area (Å²) < 4.78 is 5.17. The van der Waals surface area contributed by atoms with Crippen molar-refractivity contribution < 1.29 is 19.1 Å². The predicted molar refractivity (Wildman–Crippen MR) is 123 cm³/mol. The van der Waals surface area contributed by atoms with Gasteiger partial charge in [-0.1, -0.05) is 43.0 Å². The number of fused-ring (bicyclic) bond motifs is 1. The maximum atomic E-state index is 12.8. The van der Waals surface area contributed by atoms with Crippen molar-refractivity contribution >= 4 is 34.8 Å². The summed E-state index contributed by atoms with van der Waals surface area (Å²) in [5.41, 5.74) is 2.90. The van der Waals surface area contributed by atoms with Gasteiger partial charge >= 0.3 is 0 Å². The molecule has 3 aromatic carbocycles. The number of para-hydroxylation sites is 1. The molecule has 32 heavy (non-hydrogen) atoms. The summed E-state index contributed by atoms with van der Waals surface area (Å²) in [5.74, 6) is -0.483. The Morgan fingerprint density at radius 1 is 0.938 bits per heavy atom. The van der Waals surface area contributed by atoms with E-state index in [0.29, 0.717) is 39.5 Å². The zero-order valence-electron chi connectivity index (χ0n) is 17.4. The van der Waals surface area contributed by atoms with Crippen molar-refractivity contribution in [1.29, 1.82) is 0 Å². The van der Waals surface area contributed by atoms with Gasteiger partial charge in [0.05, 0.1) is 18.4 Å². The minimum atomic E-state index is -0.436. The Labute approximate surface area is 185 Å². The van der Waals surface area contributed by atoms with Crippen LogP contribution < -0.4 is 15.4 Å². The number of rotatable bonds is 6. The van der Waals surface area contributed by atoms with E-state index in [1.54, 1.807) is 73.8 Å². The summed E-state index contributed by atoms with van der Waals surface area (Å²) in [6.45, 7) is 3.73. The molecular weight excluding hydrogens is 406 g/mol. The number of nitrogens with zero attached hydrogens (tertiary/aromatic N) is 1. The third-order valence-corrected chi connectivity index (χ3v) is 5.11. The Balaban J connectivity index is 1.47. The normalized spacial score (nSPS) is 12.3. The van der Waals surface area contributed by atoms with Crippen molar-refractivity contribution in [3.05, 3.63) is 96.1 Å². The Morgan fingerprint density at radius 3 is 2.41 bits per heavy atom. The Morgan fingerprint density at radius 2 is 1.66 bits per heavy atom. The minimum Gasteiger partial charge on any atom is -0.497 e. The second-order valence-corrected chi connectivity index (χ2v) is 7.16. The van der Waals surface area contributed by atoms with E-state index < -0.39 is 5.91 Å². The quantitative estimate of drug-likeness (QED) is 0.622. The smallest absolute Gasteiger partial charge is 0.259 e. The Hall–Kier alpha value is -4.39. The summed E-state index contributed by atoms with van der Waals surface area (Å²) in [5, 5.41) is 5.53. The average molecular weight is 427 g/mol. The first-order valence-electron chi connectivity index (χ1n) is 9.92. The van der Waals surface area contributed by atoms with Gasteiger partial charge in [-0.25, -0.2) is 0 Å². The molecule has 0 radical (unpaired) electrons. The SMILES string of the molecule is C=C1c2ccccc2C(=O)N1CC(=O)Nc1ccccc1C(=O)Nc1cccc(OC)c1. The molecule has 1 heterocycles. The van der Waals surface area contributed by atoms with Crippen molar-refractivity contribution in [2.45, 2.75) is 0 Å². The van der Waals surface area contributed by atoms with Crippen LogP contribution in [0.5, 0.6) is 5.75 Å². The highest BCUT2D eigenvalue weighted by Crippen LogP contribution is 2.31. The lowest BCUT2D eigenvalue weighted by Crippen LogP contribution is -2.33. The van der Waals surface area contributed by atoms with Crippen molar-refractivity contribution in [2.75, 3.05) is 24.3 Å². The van der Waals surface area contributed by atoms with Crippen LogP contribution in [0, 0.1) is 0 Å². The number of amides is 3. The van der Waals surface area contributed by atoms with Crippen LogP contribution in [0.15, 0.2) is 79.4 Å². The van der Waals surface area contributed by atoms with E-state index >= 15 is 0 Å². The number of anilines is 2. The molecule has 4 rings (SSSR count). The fraction of sp³-hybridized carbons (Fsp3) is 0.0800. The van der Waals surface area contributed by atoms with Crippen LogP contribution in [-0.4, -0.2) is 36.3 Å². The van der Waals surface area contributed by atoms with Gasteiger partial charge in [-0.3, -0.25) is 19.3 Å². The maximum Gasteiger partial charge on any atom is 0.259 e. The molecule has 1 aliphatic rings. The summed E-state index contributed by atoms with van der Waals surface area (Å²) in [7, 11) is 1.55. The minimum absolute atomic E-state index is 0.210. The molecule has 0 aliphatic carbocycles. The second kappa shape index (κ2) is 8.77. The molecule has 3 aromatic rings. The van der Waals surface area contributed by atoms with Crippen LogP contribution in [-0.2, 0) is 4.79 Å². The van der Waals surface area contributed by atoms with E-state index in [9.17, 15) is 14.4 Å². The zero-order chi connectivity index (χ0) is 22.7. The van der Waals surface area contributed by atoms with Crippen LogP contribution in [0.2, 0.25) is 0 Å². The molecule has 0 spiro atoms. The summed E-state index contributed by atoms with van der Waals surface area (Å²) in [6, 6.07) is 20.7. The molecule has 160 valence electrons. The molecule has 1 aliphatic heterocycles. The number of benzene rings is 3. The average Bonchev–Trinajstić information content (AvgIpc) is 3.04. The van der Waals surface area contributed by atoms with Gasteiger partial charge in [-0.05, 0) is 30.3 Å². The number of nitrogens with one attached hydrogen (secondary N) is 2. The van der Waals surface area contributed by atoms with Gasteiger partial charge in [0, 0.05) is 28.6 Å². The Bertz CT molecular complexity index is 1200. The number of hydrogen-bond donors (Lipinski definition) is 2. The molecule has 0 saturated heterocycles. The lowest BCUT2D eigenvalue weighted by Gasteiger charge is -2.18. The molecule has 2 N–H and O–H groups in total. The van der Waals surface area contributed by atoms with Crippen LogP contribution in [0.1, 0.15) is 26.3 Å². The highest BCUT2D eigenvalue weighted by atomic mass is 16.5. The van der Waals surface area contributed by atoms with Crippen LogP contribution in [0.25, 0.3) is 5.70 Å². The van der Waals surface area contributed by atoms with Crippen LogP contribution >= 0.6 is 0 Å². The molecule has 7 nitrogen and oxygen atoms in total. The molecule has 3 amide bonds. The van der Waals surface area contributed by atoms with Gasteiger partial charge in [-0.15, -0.1) is 0 Å². The molecule has 0 atom stereocenters. The van der Waals surface area contributed by atoms with E-state index in [-0.39, 0.29) is 18.4 Å². The first-order valence-corrected chi connectivity index (χ1v) is 9.92. The summed E-state index contributed by atoms with van der Waals surface area (Å²) >= 11 is 0. The molecule has 0 fully saturated rings. The fourth-order valence-electron chi connectivity index (χ4n) is 3.52. The van der Waals surface area contributed by atoms with E-state index in [2.05, 4.69) is 17.2 Å².